The summed E-state index contributed by atoms with van der Waals surface area (Å²) in [4.78, 5) is 14.0. The summed E-state index contributed by atoms with van der Waals surface area (Å²) >= 11 is 0. The van der Waals surface area contributed by atoms with Crippen molar-refractivity contribution in [3.8, 4) is 0 Å². The Hall–Kier alpha value is -2.13. The zero-order valence-corrected chi connectivity index (χ0v) is 15.6. The molecule has 1 atom stereocenters. The second-order valence-electron chi connectivity index (χ2n) is 7.49. The molecule has 0 bridgehead atoms. The lowest BCUT2D eigenvalue weighted by Crippen LogP contribution is -2.61. The van der Waals surface area contributed by atoms with Gasteiger partial charge in [0, 0.05) is 25.0 Å². The predicted molar refractivity (Wildman–Crippen MR) is 96.3 cm³/mol. The molecule has 1 fully saturated rings. The van der Waals surface area contributed by atoms with Crippen molar-refractivity contribution in [1.82, 2.24) is 25.7 Å². The highest BCUT2D eigenvalue weighted by Gasteiger charge is 2.39. The third kappa shape index (κ3) is 4.24. The van der Waals surface area contributed by atoms with E-state index in [9.17, 15) is 18.0 Å². The zero-order chi connectivity index (χ0) is 19.8. The maximum atomic E-state index is 12.8. The molecule has 27 heavy (non-hydrogen) atoms. The Bertz CT molecular complexity index is 830. The van der Waals surface area contributed by atoms with Gasteiger partial charge in [-0.2, -0.15) is 18.3 Å². The van der Waals surface area contributed by atoms with E-state index in [4.69, 9.17) is 0 Å². The van der Waals surface area contributed by atoms with Crippen molar-refractivity contribution in [2.24, 2.45) is 0 Å². The maximum absolute atomic E-state index is 12.8. The van der Waals surface area contributed by atoms with Gasteiger partial charge in [0.15, 0.2) is 0 Å². The van der Waals surface area contributed by atoms with Crippen molar-refractivity contribution in [3.63, 3.8) is 0 Å². The molecular weight excluding hydrogens is 359 g/mol. The number of halogens is 3. The van der Waals surface area contributed by atoms with Crippen molar-refractivity contribution >= 4 is 16.8 Å². The first-order chi connectivity index (χ1) is 12.6. The van der Waals surface area contributed by atoms with Gasteiger partial charge in [-0.1, -0.05) is 18.2 Å². The molecule has 1 aromatic heterocycles. The number of amides is 1. The summed E-state index contributed by atoms with van der Waals surface area (Å²) in [6, 6.07) is 4.89. The van der Waals surface area contributed by atoms with Crippen molar-refractivity contribution in [2.45, 2.75) is 38.5 Å². The van der Waals surface area contributed by atoms with Gasteiger partial charge in [0.05, 0.1) is 23.3 Å². The first kappa shape index (κ1) is 19.6. The summed E-state index contributed by atoms with van der Waals surface area (Å²) in [6.07, 6.45) is -4.35. The Labute approximate surface area is 155 Å². The van der Waals surface area contributed by atoms with Crippen LogP contribution in [0.2, 0.25) is 0 Å². The van der Waals surface area contributed by atoms with Crippen molar-refractivity contribution in [2.75, 3.05) is 26.2 Å². The summed E-state index contributed by atoms with van der Waals surface area (Å²) in [7, 11) is 0. The van der Waals surface area contributed by atoms with E-state index in [1.807, 2.05) is 25.1 Å². The standard InChI is InChI=1S/C18H24F3N5O/c1-11-5-4-6-12-14(11)24-25-15(12)17(2,3)23-16(27)13-9-22-7-8-26(13)10-18(19,20)21/h4-6,13,22H,7-10H2,1-3H3,(H,23,27)(H,24,25)/t13-/m0/s1. The van der Waals surface area contributed by atoms with Crippen LogP contribution >= 0.6 is 0 Å². The average molecular weight is 383 g/mol. The van der Waals surface area contributed by atoms with Gasteiger partial charge in [0.1, 0.15) is 6.04 Å². The highest BCUT2D eigenvalue weighted by Crippen LogP contribution is 2.28. The number of H-pyrrole nitrogens is 1. The number of piperazine rings is 1. The fraction of sp³-hybridized carbons (Fsp3) is 0.556. The van der Waals surface area contributed by atoms with E-state index < -0.39 is 30.2 Å². The molecule has 1 saturated heterocycles. The van der Waals surface area contributed by atoms with Crippen LogP contribution in [0.1, 0.15) is 25.1 Å². The third-order valence-corrected chi connectivity index (χ3v) is 4.87. The van der Waals surface area contributed by atoms with E-state index in [0.29, 0.717) is 12.2 Å². The molecule has 0 saturated carbocycles. The van der Waals surface area contributed by atoms with Crippen LogP contribution < -0.4 is 10.6 Å². The number of fused-ring (bicyclic) bond motifs is 1. The predicted octanol–water partition coefficient (Wildman–Crippen LogP) is 2.06. The quantitative estimate of drug-likeness (QED) is 0.756. The molecule has 3 N–H and O–H groups in total. The van der Waals surface area contributed by atoms with Crippen LogP contribution in [0.25, 0.3) is 10.9 Å². The van der Waals surface area contributed by atoms with Gasteiger partial charge in [-0.25, -0.2) is 0 Å². The molecule has 0 aliphatic carbocycles. The van der Waals surface area contributed by atoms with Crippen LogP contribution in [0.4, 0.5) is 13.2 Å². The molecule has 2 heterocycles. The molecule has 0 radical (unpaired) electrons. The largest absolute Gasteiger partial charge is 0.401 e. The van der Waals surface area contributed by atoms with E-state index in [1.165, 1.54) is 4.90 Å². The van der Waals surface area contributed by atoms with Crippen molar-refractivity contribution in [1.29, 1.82) is 0 Å². The molecule has 3 rings (SSSR count). The molecule has 6 nitrogen and oxygen atoms in total. The molecule has 1 amide bonds. The van der Waals surface area contributed by atoms with E-state index >= 15 is 0 Å². The fourth-order valence-corrected chi connectivity index (χ4v) is 3.54. The highest BCUT2D eigenvalue weighted by molar-refractivity contribution is 5.87. The lowest BCUT2D eigenvalue weighted by Gasteiger charge is -2.37. The lowest BCUT2D eigenvalue weighted by atomic mass is 9.95. The number of carbonyl (C=O) groups excluding carboxylic acids is 1. The Morgan fingerprint density at radius 1 is 1.37 bits per heavy atom. The van der Waals surface area contributed by atoms with Gasteiger partial charge < -0.3 is 10.6 Å². The van der Waals surface area contributed by atoms with E-state index in [2.05, 4.69) is 20.8 Å². The Morgan fingerprint density at radius 2 is 2.11 bits per heavy atom. The van der Waals surface area contributed by atoms with Gasteiger partial charge in [-0.15, -0.1) is 0 Å². The fourth-order valence-electron chi connectivity index (χ4n) is 3.54. The zero-order valence-electron chi connectivity index (χ0n) is 15.6. The minimum absolute atomic E-state index is 0.169. The van der Waals surface area contributed by atoms with Crippen LogP contribution in [0.15, 0.2) is 18.2 Å². The van der Waals surface area contributed by atoms with Gasteiger partial charge in [0.2, 0.25) is 5.91 Å². The first-order valence-electron chi connectivity index (χ1n) is 8.86. The smallest absolute Gasteiger partial charge is 0.344 e. The molecule has 0 spiro atoms. The second kappa shape index (κ2) is 7.12. The summed E-state index contributed by atoms with van der Waals surface area (Å²) in [5.74, 6) is -0.444. The number of alkyl halides is 3. The number of aromatic amines is 1. The minimum atomic E-state index is -4.35. The van der Waals surface area contributed by atoms with E-state index in [1.54, 1.807) is 13.8 Å². The van der Waals surface area contributed by atoms with Crippen LogP contribution in [-0.4, -0.2) is 59.4 Å². The number of rotatable bonds is 4. The van der Waals surface area contributed by atoms with E-state index in [-0.39, 0.29) is 13.1 Å². The van der Waals surface area contributed by atoms with Gasteiger partial charge in [-0.05, 0) is 26.3 Å². The number of aromatic nitrogens is 2. The van der Waals surface area contributed by atoms with Crippen molar-refractivity contribution < 1.29 is 18.0 Å². The monoisotopic (exact) mass is 383 g/mol. The summed E-state index contributed by atoms with van der Waals surface area (Å²) in [6.45, 7) is 5.23. The molecule has 9 heteroatoms. The normalized spacial score (nSPS) is 19.4. The number of hydrogen-bond acceptors (Lipinski definition) is 4. The van der Waals surface area contributed by atoms with Gasteiger partial charge in [-0.3, -0.25) is 14.8 Å². The second-order valence-corrected chi connectivity index (χ2v) is 7.49. The van der Waals surface area contributed by atoms with Gasteiger partial charge >= 0.3 is 6.18 Å². The number of benzene rings is 1. The number of carbonyl (C=O) groups is 1. The summed E-state index contributed by atoms with van der Waals surface area (Å²) in [5, 5.41) is 14.1. The molecule has 1 aliphatic heterocycles. The molecule has 2 aromatic rings. The molecule has 0 unspecified atom stereocenters. The highest BCUT2D eigenvalue weighted by atomic mass is 19.4. The SMILES string of the molecule is Cc1cccc2c(C(C)(C)NC(=O)[C@@H]3CNCCN3CC(F)(F)F)n[nH]c12. The number of para-hydroxylation sites is 1. The van der Waals surface area contributed by atoms with Crippen LogP contribution in [0.5, 0.6) is 0 Å². The topological polar surface area (TPSA) is 73.1 Å². The lowest BCUT2D eigenvalue weighted by molar-refractivity contribution is -0.157. The maximum Gasteiger partial charge on any atom is 0.401 e. The molecule has 1 aliphatic rings. The first-order valence-corrected chi connectivity index (χ1v) is 8.86. The van der Waals surface area contributed by atoms with Crippen LogP contribution in [0.3, 0.4) is 0 Å². The van der Waals surface area contributed by atoms with Crippen LogP contribution in [0, 0.1) is 6.92 Å². The molecule has 1 aromatic carbocycles. The van der Waals surface area contributed by atoms with E-state index in [0.717, 1.165) is 16.5 Å². The van der Waals surface area contributed by atoms with Crippen molar-refractivity contribution in [3.05, 3.63) is 29.5 Å². The Morgan fingerprint density at radius 3 is 2.81 bits per heavy atom. The molecule has 148 valence electrons. The number of hydrogen-bond donors (Lipinski definition) is 3. The summed E-state index contributed by atoms with van der Waals surface area (Å²) < 4.78 is 38.5. The minimum Gasteiger partial charge on any atom is -0.344 e. The Kier molecular flexibility index (Phi) is 5.18. The Balaban J connectivity index is 1.81. The van der Waals surface area contributed by atoms with Gasteiger partial charge in [0.25, 0.3) is 0 Å². The number of aryl methyl sites for hydroxylation is 1. The average Bonchev–Trinajstić information content (AvgIpc) is 3.00. The summed E-state index contributed by atoms with van der Waals surface area (Å²) in [5.41, 5.74) is 1.72. The van der Waals surface area contributed by atoms with Crippen LogP contribution in [-0.2, 0) is 10.3 Å². The number of nitrogens with one attached hydrogen (secondary N) is 3. The third-order valence-electron chi connectivity index (χ3n) is 4.87. The number of nitrogens with zero attached hydrogens (tertiary/aromatic N) is 2. The molecular formula is C18H24F3N5O.